The van der Waals surface area contributed by atoms with Gasteiger partial charge in [0.15, 0.2) is 11.6 Å². The average molecular weight is 254 g/mol. The molecular formula is C12H15FN2O3. The third kappa shape index (κ3) is 2.76. The van der Waals surface area contributed by atoms with Crippen LogP contribution in [0.1, 0.15) is 18.4 Å². The monoisotopic (exact) mass is 254 g/mol. The minimum absolute atomic E-state index is 0.0757. The van der Waals surface area contributed by atoms with Crippen LogP contribution in [0, 0.1) is 22.9 Å². The van der Waals surface area contributed by atoms with Gasteiger partial charge in [0.25, 0.3) is 5.69 Å². The van der Waals surface area contributed by atoms with Crippen LogP contribution in [-0.4, -0.2) is 24.1 Å². The van der Waals surface area contributed by atoms with E-state index in [-0.39, 0.29) is 17.5 Å². The first kappa shape index (κ1) is 12.8. The van der Waals surface area contributed by atoms with E-state index in [1.807, 2.05) is 0 Å². The fourth-order valence-electron chi connectivity index (χ4n) is 2.04. The summed E-state index contributed by atoms with van der Waals surface area (Å²) in [5.41, 5.74) is 0.176. The van der Waals surface area contributed by atoms with Crippen LogP contribution in [-0.2, 0) is 0 Å². The first-order valence-electron chi connectivity index (χ1n) is 5.88. The number of nitrogens with one attached hydrogen (secondary N) is 1. The Morgan fingerprint density at radius 1 is 1.61 bits per heavy atom. The standard InChI is InChI=1S/C12H15FN2O3/c1-8-5-12(10(13)6-11(8)15(16)17)18-7-9-3-2-4-14-9/h5-6,9,14H,2-4,7H2,1H3. The zero-order valence-corrected chi connectivity index (χ0v) is 10.1. The lowest BCUT2D eigenvalue weighted by atomic mass is 10.2. The summed E-state index contributed by atoms with van der Waals surface area (Å²) in [7, 11) is 0. The number of hydrogen-bond acceptors (Lipinski definition) is 4. The maximum Gasteiger partial charge on any atom is 0.275 e. The molecule has 6 heteroatoms. The van der Waals surface area contributed by atoms with E-state index >= 15 is 0 Å². The van der Waals surface area contributed by atoms with Crippen LogP contribution in [0.4, 0.5) is 10.1 Å². The molecule has 1 atom stereocenters. The molecule has 1 N–H and O–H groups in total. The zero-order chi connectivity index (χ0) is 13.1. The van der Waals surface area contributed by atoms with Crippen molar-refractivity contribution in [3.05, 3.63) is 33.6 Å². The Kier molecular flexibility index (Phi) is 3.76. The number of nitro groups is 1. The van der Waals surface area contributed by atoms with Crippen molar-refractivity contribution in [2.75, 3.05) is 13.2 Å². The van der Waals surface area contributed by atoms with Gasteiger partial charge in [-0.05, 0) is 32.4 Å². The molecule has 0 amide bonds. The smallest absolute Gasteiger partial charge is 0.275 e. The van der Waals surface area contributed by atoms with E-state index in [1.165, 1.54) is 6.07 Å². The molecule has 1 saturated heterocycles. The van der Waals surface area contributed by atoms with Gasteiger partial charge >= 0.3 is 0 Å². The lowest BCUT2D eigenvalue weighted by Crippen LogP contribution is -2.28. The second kappa shape index (κ2) is 5.30. The van der Waals surface area contributed by atoms with Crippen molar-refractivity contribution in [2.45, 2.75) is 25.8 Å². The summed E-state index contributed by atoms with van der Waals surface area (Å²) in [4.78, 5) is 10.0. The SMILES string of the molecule is Cc1cc(OCC2CCCN2)c(F)cc1[N+](=O)[O-]. The molecule has 0 radical (unpaired) electrons. The highest BCUT2D eigenvalue weighted by Gasteiger charge is 2.19. The number of hydrogen-bond donors (Lipinski definition) is 1. The van der Waals surface area contributed by atoms with Crippen molar-refractivity contribution in [1.82, 2.24) is 5.32 Å². The van der Waals surface area contributed by atoms with E-state index in [4.69, 9.17) is 4.74 Å². The van der Waals surface area contributed by atoms with E-state index in [2.05, 4.69) is 5.32 Å². The summed E-state index contributed by atoms with van der Waals surface area (Å²) in [6.07, 6.45) is 2.10. The fourth-order valence-corrected chi connectivity index (χ4v) is 2.04. The van der Waals surface area contributed by atoms with Crippen LogP contribution < -0.4 is 10.1 Å². The van der Waals surface area contributed by atoms with E-state index in [0.29, 0.717) is 12.2 Å². The van der Waals surface area contributed by atoms with Crippen molar-refractivity contribution in [3.63, 3.8) is 0 Å². The summed E-state index contributed by atoms with van der Waals surface area (Å²) < 4.78 is 19.0. The van der Waals surface area contributed by atoms with Crippen molar-refractivity contribution >= 4 is 5.69 Å². The van der Waals surface area contributed by atoms with Gasteiger partial charge in [-0.15, -0.1) is 0 Å². The van der Waals surface area contributed by atoms with E-state index in [0.717, 1.165) is 25.5 Å². The molecule has 0 aromatic heterocycles. The van der Waals surface area contributed by atoms with Crippen LogP contribution in [0.15, 0.2) is 12.1 Å². The largest absolute Gasteiger partial charge is 0.489 e. The predicted octanol–water partition coefficient (Wildman–Crippen LogP) is 2.17. The van der Waals surface area contributed by atoms with Crippen LogP contribution >= 0.6 is 0 Å². The topological polar surface area (TPSA) is 64.4 Å². The Bertz CT molecular complexity index is 459. The summed E-state index contributed by atoms with van der Waals surface area (Å²) in [6, 6.07) is 2.52. The summed E-state index contributed by atoms with van der Waals surface area (Å²) in [5.74, 6) is -0.614. The van der Waals surface area contributed by atoms with Gasteiger partial charge in [0, 0.05) is 11.6 Å². The quantitative estimate of drug-likeness (QED) is 0.660. The highest BCUT2D eigenvalue weighted by Crippen LogP contribution is 2.27. The Morgan fingerprint density at radius 2 is 2.39 bits per heavy atom. The van der Waals surface area contributed by atoms with Crippen molar-refractivity contribution < 1.29 is 14.1 Å². The molecule has 2 rings (SSSR count). The highest BCUT2D eigenvalue weighted by molar-refractivity contribution is 5.45. The molecule has 0 spiro atoms. The van der Waals surface area contributed by atoms with Crippen LogP contribution in [0.3, 0.4) is 0 Å². The van der Waals surface area contributed by atoms with Gasteiger partial charge in [-0.25, -0.2) is 4.39 Å². The van der Waals surface area contributed by atoms with Gasteiger partial charge in [0.1, 0.15) is 6.61 Å². The lowest BCUT2D eigenvalue weighted by molar-refractivity contribution is -0.385. The molecule has 1 aliphatic rings. The lowest BCUT2D eigenvalue weighted by Gasteiger charge is -2.13. The molecule has 5 nitrogen and oxygen atoms in total. The number of benzene rings is 1. The predicted molar refractivity (Wildman–Crippen MR) is 64.3 cm³/mol. The van der Waals surface area contributed by atoms with Gasteiger partial charge in [0.05, 0.1) is 11.0 Å². The molecule has 98 valence electrons. The van der Waals surface area contributed by atoms with Gasteiger partial charge < -0.3 is 10.1 Å². The normalized spacial score (nSPS) is 18.9. The summed E-state index contributed by atoms with van der Waals surface area (Å²) in [5, 5.41) is 13.9. The van der Waals surface area contributed by atoms with E-state index in [1.54, 1.807) is 6.92 Å². The number of halogens is 1. The van der Waals surface area contributed by atoms with Gasteiger partial charge in [0.2, 0.25) is 0 Å². The fraction of sp³-hybridized carbons (Fsp3) is 0.500. The summed E-state index contributed by atoms with van der Waals surface area (Å²) >= 11 is 0. The first-order chi connectivity index (χ1) is 8.58. The minimum Gasteiger partial charge on any atom is -0.489 e. The third-order valence-electron chi connectivity index (χ3n) is 3.05. The molecule has 1 fully saturated rings. The van der Waals surface area contributed by atoms with E-state index in [9.17, 15) is 14.5 Å². The maximum absolute atomic E-state index is 13.6. The van der Waals surface area contributed by atoms with Gasteiger partial charge in [-0.3, -0.25) is 10.1 Å². The Hall–Kier alpha value is -1.69. The second-order valence-electron chi connectivity index (χ2n) is 4.43. The number of aryl methyl sites for hydroxylation is 1. The molecule has 1 unspecified atom stereocenters. The molecule has 1 aromatic rings. The van der Waals surface area contributed by atoms with Crippen LogP contribution in [0.5, 0.6) is 5.75 Å². The van der Waals surface area contributed by atoms with Crippen molar-refractivity contribution in [1.29, 1.82) is 0 Å². The second-order valence-corrected chi connectivity index (χ2v) is 4.43. The highest BCUT2D eigenvalue weighted by atomic mass is 19.1. The number of nitrogens with zero attached hydrogens (tertiary/aromatic N) is 1. The number of rotatable bonds is 4. The zero-order valence-electron chi connectivity index (χ0n) is 10.1. The molecule has 0 aliphatic carbocycles. The van der Waals surface area contributed by atoms with E-state index < -0.39 is 10.7 Å². The molecule has 0 bridgehead atoms. The molecule has 1 aromatic carbocycles. The molecule has 1 heterocycles. The minimum atomic E-state index is -0.690. The van der Waals surface area contributed by atoms with Crippen molar-refractivity contribution in [2.24, 2.45) is 0 Å². The van der Waals surface area contributed by atoms with Crippen LogP contribution in [0.2, 0.25) is 0 Å². The first-order valence-corrected chi connectivity index (χ1v) is 5.88. The number of nitro benzene ring substituents is 1. The van der Waals surface area contributed by atoms with Gasteiger partial charge in [-0.2, -0.15) is 0 Å². The molecular weight excluding hydrogens is 239 g/mol. The summed E-state index contributed by atoms with van der Waals surface area (Å²) in [6.45, 7) is 2.90. The average Bonchev–Trinajstić information content (AvgIpc) is 2.82. The maximum atomic E-state index is 13.6. The number of ether oxygens (including phenoxy) is 1. The Balaban J connectivity index is 2.08. The van der Waals surface area contributed by atoms with Crippen LogP contribution in [0.25, 0.3) is 0 Å². The molecule has 18 heavy (non-hydrogen) atoms. The third-order valence-corrected chi connectivity index (χ3v) is 3.05. The van der Waals surface area contributed by atoms with Crippen molar-refractivity contribution in [3.8, 4) is 5.75 Å². The Morgan fingerprint density at radius 3 is 3.00 bits per heavy atom. The Labute approximate surface area is 104 Å². The molecule has 0 saturated carbocycles. The van der Waals surface area contributed by atoms with Gasteiger partial charge in [-0.1, -0.05) is 0 Å². The molecule has 1 aliphatic heterocycles.